The van der Waals surface area contributed by atoms with Gasteiger partial charge in [-0.3, -0.25) is 4.79 Å². The van der Waals surface area contributed by atoms with E-state index in [9.17, 15) is 18.0 Å². The number of nitrogens with zero attached hydrogens (tertiary/aromatic N) is 3. The minimum absolute atomic E-state index is 0.0182. The number of sulfonamides is 1. The van der Waals surface area contributed by atoms with E-state index >= 15 is 0 Å². The van der Waals surface area contributed by atoms with Crippen LogP contribution in [-0.4, -0.2) is 73.7 Å². The third-order valence-electron chi connectivity index (χ3n) is 5.95. The molecule has 10 heteroatoms. The van der Waals surface area contributed by atoms with Gasteiger partial charge in [-0.1, -0.05) is 18.2 Å². The van der Waals surface area contributed by atoms with Gasteiger partial charge in [0.2, 0.25) is 5.91 Å². The number of amides is 3. The van der Waals surface area contributed by atoms with Gasteiger partial charge in [0.25, 0.3) is 10.0 Å². The monoisotopic (exact) mass is 476 g/mol. The minimum atomic E-state index is -3.57. The summed E-state index contributed by atoms with van der Waals surface area (Å²) >= 11 is 1.26. The predicted molar refractivity (Wildman–Crippen MR) is 124 cm³/mol. The molecule has 4 rings (SSSR count). The molecule has 8 nitrogen and oxygen atoms in total. The smallest absolute Gasteiger partial charge is 0.321 e. The second-order valence-corrected chi connectivity index (χ2v) is 11.6. The van der Waals surface area contributed by atoms with Gasteiger partial charge in [-0.2, -0.15) is 4.31 Å². The summed E-state index contributed by atoms with van der Waals surface area (Å²) in [6, 6.07) is 12.5. The van der Waals surface area contributed by atoms with Crippen molar-refractivity contribution in [3.05, 3.63) is 47.3 Å². The lowest BCUT2D eigenvalue weighted by molar-refractivity contribution is -0.138. The maximum Gasteiger partial charge on any atom is 0.321 e. The van der Waals surface area contributed by atoms with Crippen molar-refractivity contribution in [2.75, 3.05) is 44.6 Å². The van der Waals surface area contributed by atoms with Gasteiger partial charge in [0.15, 0.2) is 0 Å². The zero-order valence-corrected chi connectivity index (χ0v) is 19.7. The summed E-state index contributed by atoms with van der Waals surface area (Å²) < 4.78 is 27.7. The van der Waals surface area contributed by atoms with Crippen LogP contribution in [0.5, 0.6) is 0 Å². The van der Waals surface area contributed by atoms with Gasteiger partial charge in [-0.05, 0) is 44.0 Å². The molecule has 0 saturated carbocycles. The summed E-state index contributed by atoms with van der Waals surface area (Å²) in [5.41, 5.74) is 0.737. The Hall–Kier alpha value is -2.43. The van der Waals surface area contributed by atoms with E-state index in [1.54, 1.807) is 21.9 Å². The number of nitrogens with one attached hydrogen (secondary N) is 1. The number of thiophene rings is 1. The maximum atomic E-state index is 13.1. The van der Waals surface area contributed by atoms with Gasteiger partial charge in [-0.15, -0.1) is 11.3 Å². The number of urea groups is 1. The number of aryl methyl sites for hydroxylation is 1. The van der Waals surface area contributed by atoms with Crippen molar-refractivity contribution in [3.8, 4) is 0 Å². The van der Waals surface area contributed by atoms with E-state index in [0.717, 1.165) is 10.6 Å². The number of para-hydroxylation sites is 1. The fraction of sp³-hybridized carbons (Fsp3) is 0.455. The van der Waals surface area contributed by atoms with Gasteiger partial charge in [-0.25, -0.2) is 13.2 Å². The van der Waals surface area contributed by atoms with Crippen molar-refractivity contribution < 1.29 is 18.0 Å². The van der Waals surface area contributed by atoms with E-state index in [1.165, 1.54) is 15.6 Å². The number of hydrogen-bond donors (Lipinski definition) is 1. The molecule has 2 fully saturated rings. The fourth-order valence-corrected chi connectivity index (χ4v) is 7.11. The normalized spacial score (nSPS) is 20.2. The highest BCUT2D eigenvalue weighted by Crippen LogP contribution is 2.29. The largest absolute Gasteiger partial charge is 0.339 e. The molecule has 0 unspecified atom stereocenters. The SMILES string of the molecule is Cc1ccc(S(=O)(=O)N2CCC[C@H](C(=O)N3CCN(C(=O)Nc4ccccc4)CC3)C2)s1. The first-order valence-electron chi connectivity index (χ1n) is 10.8. The van der Waals surface area contributed by atoms with E-state index in [4.69, 9.17) is 0 Å². The lowest BCUT2D eigenvalue weighted by Crippen LogP contribution is -2.54. The summed E-state index contributed by atoms with van der Waals surface area (Å²) in [6.45, 7) is 4.35. The highest BCUT2D eigenvalue weighted by Gasteiger charge is 2.36. The van der Waals surface area contributed by atoms with E-state index in [2.05, 4.69) is 5.32 Å². The topological polar surface area (TPSA) is 90.0 Å². The van der Waals surface area contributed by atoms with Crippen LogP contribution in [0.3, 0.4) is 0 Å². The number of anilines is 1. The van der Waals surface area contributed by atoms with Crippen LogP contribution >= 0.6 is 11.3 Å². The molecular weight excluding hydrogens is 448 g/mol. The Morgan fingerprint density at radius 1 is 0.969 bits per heavy atom. The van der Waals surface area contributed by atoms with Gasteiger partial charge in [0.05, 0.1) is 5.92 Å². The van der Waals surface area contributed by atoms with Crippen LogP contribution in [0.4, 0.5) is 10.5 Å². The summed E-state index contributed by atoms with van der Waals surface area (Å²) in [5.74, 6) is -0.361. The van der Waals surface area contributed by atoms with Crippen LogP contribution in [0, 0.1) is 12.8 Å². The van der Waals surface area contributed by atoms with Gasteiger partial charge >= 0.3 is 6.03 Å². The zero-order chi connectivity index (χ0) is 22.7. The molecule has 2 saturated heterocycles. The Morgan fingerprint density at radius 2 is 1.66 bits per heavy atom. The van der Waals surface area contributed by atoms with Crippen LogP contribution in [0.2, 0.25) is 0 Å². The van der Waals surface area contributed by atoms with E-state index in [1.807, 2.05) is 37.3 Å². The number of carbonyl (C=O) groups is 2. The number of rotatable bonds is 4. The van der Waals surface area contributed by atoms with E-state index < -0.39 is 10.0 Å². The van der Waals surface area contributed by atoms with Gasteiger partial charge < -0.3 is 15.1 Å². The Bertz CT molecular complexity index is 1060. The van der Waals surface area contributed by atoms with Crippen molar-refractivity contribution in [1.29, 1.82) is 0 Å². The number of carbonyl (C=O) groups excluding carboxylic acids is 2. The third kappa shape index (κ3) is 4.97. The number of piperidine rings is 1. The van der Waals surface area contributed by atoms with Crippen LogP contribution in [-0.2, 0) is 14.8 Å². The molecule has 1 atom stereocenters. The van der Waals surface area contributed by atoms with E-state index in [0.29, 0.717) is 49.8 Å². The van der Waals surface area contributed by atoms with Crippen molar-refractivity contribution >= 4 is 39.0 Å². The first-order valence-corrected chi connectivity index (χ1v) is 13.1. The Labute approximate surface area is 192 Å². The lowest BCUT2D eigenvalue weighted by Gasteiger charge is -2.38. The standard InChI is InChI=1S/C22H28N4O4S2/c1-17-9-10-20(31-17)32(29,30)26-11-5-6-18(16-26)21(27)24-12-14-25(15-13-24)22(28)23-19-7-3-2-4-8-19/h2-4,7-10,18H,5-6,11-16H2,1H3,(H,23,28)/t18-/m0/s1. The molecule has 1 N–H and O–H groups in total. The fourth-order valence-electron chi connectivity index (χ4n) is 4.15. The molecule has 2 aliphatic rings. The molecule has 1 aromatic heterocycles. The first-order chi connectivity index (χ1) is 15.3. The molecule has 0 aliphatic carbocycles. The van der Waals surface area contributed by atoms with Crippen LogP contribution < -0.4 is 5.32 Å². The quantitative estimate of drug-likeness (QED) is 0.735. The lowest BCUT2D eigenvalue weighted by atomic mass is 9.98. The third-order valence-corrected chi connectivity index (χ3v) is 9.28. The van der Waals surface area contributed by atoms with Crippen molar-refractivity contribution in [2.24, 2.45) is 5.92 Å². The average Bonchev–Trinajstić information content (AvgIpc) is 3.26. The summed E-state index contributed by atoms with van der Waals surface area (Å²) in [7, 11) is -3.57. The molecule has 0 radical (unpaired) electrons. The summed E-state index contributed by atoms with van der Waals surface area (Å²) in [6.07, 6.45) is 1.35. The molecule has 3 heterocycles. The predicted octanol–water partition coefficient (Wildman–Crippen LogP) is 2.83. The first kappa shape index (κ1) is 22.8. The minimum Gasteiger partial charge on any atom is -0.339 e. The van der Waals surface area contributed by atoms with Gasteiger partial charge in [0, 0.05) is 49.8 Å². The second kappa shape index (κ2) is 9.60. The average molecular weight is 477 g/mol. The molecule has 2 aromatic rings. The Kier molecular flexibility index (Phi) is 6.82. The molecule has 172 valence electrons. The highest BCUT2D eigenvalue weighted by atomic mass is 32.2. The number of benzene rings is 1. The van der Waals surface area contributed by atoms with Crippen molar-refractivity contribution in [3.63, 3.8) is 0 Å². The van der Waals surface area contributed by atoms with Crippen LogP contribution in [0.1, 0.15) is 17.7 Å². The van der Waals surface area contributed by atoms with Crippen LogP contribution in [0.25, 0.3) is 0 Å². The summed E-state index contributed by atoms with van der Waals surface area (Å²) in [4.78, 5) is 30.0. The summed E-state index contributed by atoms with van der Waals surface area (Å²) in [5, 5.41) is 2.87. The van der Waals surface area contributed by atoms with E-state index in [-0.39, 0.29) is 24.4 Å². The molecule has 2 aliphatic heterocycles. The molecule has 3 amide bonds. The van der Waals surface area contributed by atoms with Crippen molar-refractivity contribution in [1.82, 2.24) is 14.1 Å². The zero-order valence-electron chi connectivity index (χ0n) is 18.1. The van der Waals surface area contributed by atoms with Crippen LogP contribution in [0.15, 0.2) is 46.7 Å². The molecule has 0 spiro atoms. The molecule has 1 aromatic carbocycles. The van der Waals surface area contributed by atoms with Gasteiger partial charge in [0.1, 0.15) is 4.21 Å². The Balaban J connectivity index is 1.32. The molecule has 0 bridgehead atoms. The number of piperazine rings is 1. The highest BCUT2D eigenvalue weighted by molar-refractivity contribution is 7.91. The Morgan fingerprint density at radius 3 is 2.31 bits per heavy atom. The second-order valence-electron chi connectivity index (χ2n) is 8.18. The molecule has 32 heavy (non-hydrogen) atoms. The number of hydrogen-bond acceptors (Lipinski definition) is 5. The maximum absolute atomic E-state index is 13.1. The molecular formula is C22H28N4O4S2. The van der Waals surface area contributed by atoms with Crippen molar-refractivity contribution in [2.45, 2.75) is 24.0 Å².